The number of nitrogens with zero attached hydrogens (tertiary/aromatic N) is 1. The third-order valence-electron chi connectivity index (χ3n) is 3.62. The highest BCUT2D eigenvalue weighted by Gasteiger charge is 2.28. The fourth-order valence-electron chi connectivity index (χ4n) is 2.41. The predicted octanol–water partition coefficient (Wildman–Crippen LogP) is 2.67. The summed E-state index contributed by atoms with van der Waals surface area (Å²) < 4.78 is 5.63. The van der Waals surface area contributed by atoms with Gasteiger partial charge in [0.15, 0.2) is 0 Å². The molecule has 116 valence electrons. The van der Waals surface area contributed by atoms with Crippen molar-refractivity contribution in [1.29, 1.82) is 0 Å². The van der Waals surface area contributed by atoms with E-state index in [4.69, 9.17) is 10.5 Å². The van der Waals surface area contributed by atoms with Gasteiger partial charge in [-0.3, -0.25) is 4.79 Å². The molecule has 0 bridgehead atoms. The highest BCUT2D eigenvalue weighted by molar-refractivity contribution is 5.99. The number of carbonyl (C=O) groups excluding carboxylic acids is 1. The molecule has 1 heterocycles. The Kier molecular flexibility index (Phi) is 5.06. The van der Waals surface area contributed by atoms with Gasteiger partial charge in [-0.05, 0) is 24.6 Å². The van der Waals surface area contributed by atoms with Gasteiger partial charge in [-0.2, -0.15) is 0 Å². The molecule has 1 aliphatic rings. The molecule has 0 saturated heterocycles. The number of carbonyl (C=O) groups is 1. The van der Waals surface area contributed by atoms with Crippen LogP contribution < -0.4 is 15.4 Å². The molecule has 3 rings (SSSR count). The number of nitrogens with two attached hydrogens (primary N) is 1. The third-order valence-corrected chi connectivity index (χ3v) is 3.62. The first kappa shape index (κ1) is 16.3. The quantitative estimate of drug-likeness (QED) is 0.926. The van der Waals surface area contributed by atoms with Crippen LogP contribution in [0.4, 0.5) is 5.69 Å². The molecule has 2 aromatic rings. The van der Waals surface area contributed by atoms with E-state index in [-0.39, 0.29) is 24.9 Å². The zero-order chi connectivity index (χ0) is 14.8. The molecule has 0 radical (unpaired) electrons. The van der Waals surface area contributed by atoms with Gasteiger partial charge in [0.25, 0.3) is 0 Å². The summed E-state index contributed by atoms with van der Waals surface area (Å²) in [7, 11) is 0. The van der Waals surface area contributed by atoms with Crippen molar-refractivity contribution in [1.82, 2.24) is 0 Å². The average molecular weight is 319 g/mol. The Bertz CT molecular complexity index is 658. The number of benzene rings is 2. The van der Waals surface area contributed by atoms with Crippen molar-refractivity contribution in [2.75, 3.05) is 11.5 Å². The number of para-hydroxylation sites is 2. The number of hydrogen-bond acceptors (Lipinski definition) is 3. The fourth-order valence-corrected chi connectivity index (χ4v) is 2.41. The number of halogens is 1. The van der Waals surface area contributed by atoms with Gasteiger partial charge in [0, 0.05) is 0 Å². The molecule has 1 aliphatic heterocycles. The second-order valence-electron chi connectivity index (χ2n) is 5.30. The third kappa shape index (κ3) is 3.24. The van der Waals surface area contributed by atoms with Gasteiger partial charge in [-0.1, -0.05) is 42.0 Å². The van der Waals surface area contributed by atoms with E-state index in [0.29, 0.717) is 12.3 Å². The minimum atomic E-state index is -0.636. The Morgan fingerprint density at radius 2 is 1.86 bits per heavy atom. The Balaban J connectivity index is 0.00000176. The van der Waals surface area contributed by atoms with Crippen LogP contribution in [0.1, 0.15) is 11.1 Å². The lowest BCUT2D eigenvalue weighted by atomic mass is 10.1. The summed E-state index contributed by atoms with van der Waals surface area (Å²) in [5, 5.41) is 0. The number of anilines is 1. The lowest BCUT2D eigenvalue weighted by Crippen LogP contribution is -2.44. The number of ether oxygens (including phenoxy) is 1. The first-order chi connectivity index (χ1) is 10.1. The Morgan fingerprint density at radius 3 is 2.59 bits per heavy atom. The van der Waals surface area contributed by atoms with E-state index in [1.54, 1.807) is 4.90 Å². The van der Waals surface area contributed by atoms with Crippen LogP contribution in [0.2, 0.25) is 0 Å². The summed E-state index contributed by atoms with van der Waals surface area (Å²) in [6.45, 7) is 2.74. The van der Waals surface area contributed by atoms with Crippen LogP contribution >= 0.6 is 12.4 Å². The molecule has 0 aliphatic carbocycles. The van der Waals surface area contributed by atoms with Crippen LogP contribution in [-0.4, -0.2) is 18.6 Å². The lowest BCUT2D eigenvalue weighted by Gasteiger charge is -2.23. The van der Waals surface area contributed by atoms with Crippen molar-refractivity contribution in [3.63, 3.8) is 0 Å². The molecule has 2 N–H and O–H groups in total. The maximum Gasteiger partial charge on any atom is 0.247 e. The minimum absolute atomic E-state index is 0. The molecule has 0 aromatic heterocycles. The maximum atomic E-state index is 12.5. The first-order valence-electron chi connectivity index (χ1n) is 6.99. The number of aryl methyl sites for hydroxylation is 1. The SMILES string of the molecule is Cc1ccc(CN2C(=O)[C@@H](N)COc3ccccc32)cc1.Cl. The normalized spacial score (nSPS) is 17.1. The summed E-state index contributed by atoms with van der Waals surface area (Å²) in [6, 6.07) is 15.1. The van der Waals surface area contributed by atoms with Crippen molar-refractivity contribution in [2.24, 2.45) is 5.73 Å². The summed E-state index contributed by atoms with van der Waals surface area (Å²) in [6.07, 6.45) is 0. The van der Waals surface area contributed by atoms with Gasteiger partial charge in [0.05, 0.1) is 12.2 Å². The van der Waals surface area contributed by atoms with Crippen molar-refractivity contribution < 1.29 is 9.53 Å². The Morgan fingerprint density at radius 1 is 1.18 bits per heavy atom. The van der Waals surface area contributed by atoms with Crippen LogP contribution in [0.15, 0.2) is 48.5 Å². The van der Waals surface area contributed by atoms with E-state index in [0.717, 1.165) is 11.3 Å². The monoisotopic (exact) mass is 318 g/mol. The highest BCUT2D eigenvalue weighted by Crippen LogP contribution is 2.31. The zero-order valence-electron chi connectivity index (χ0n) is 12.4. The smallest absolute Gasteiger partial charge is 0.247 e. The molecule has 4 nitrogen and oxygen atoms in total. The molecule has 1 atom stereocenters. The maximum absolute atomic E-state index is 12.5. The van der Waals surface area contributed by atoms with Crippen LogP contribution in [0.5, 0.6) is 5.75 Å². The van der Waals surface area contributed by atoms with Crippen molar-refractivity contribution in [2.45, 2.75) is 19.5 Å². The summed E-state index contributed by atoms with van der Waals surface area (Å²) >= 11 is 0. The van der Waals surface area contributed by atoms with E-state index in [2.05, 4.69) is 0 Å². The molecule has 0 unspecified atom stereocenters. The first-order valence-corrected chi connectivity index (χ1v) is 6.99. The van der Waals surface area contributed by atoms with Gasteiger partial charge in [0.1, 0.15) is 18.4 Å². The molecular weight excluding hydrogens is 300 g/mol. The Labute approximate surface area is 136 Å². The molecule has 1 amide bonds. The molecule has 5 heteroatoms. The second kappa shape index (κ2) is 6.81. The van der Waals surface area contributed by atoms with Crippen molar-refractivity contribution in [3.8, 4) is 5.75 Å². The fraction of sp³-hybridized carbons (Fsp3) is 0.235. The van der Waals surface area contributed by atoms with Gasteiger partial charge in [0.2, 0.25) is 5.91 Å². The second-order valence-corrected chi connectivity index (χ2v) is 5.30. The lowest BCUT2D eigenvalue weighted by molar-refractivity contribution is -0.120. The van der Waals surface area contributed by atoms with Gasteiger partial charge in [-0.15, -0.1) is 12.4 Å². The van der Waals surface area contributed by atoms with Gasteiger partial charge < -0.3 is 15.4 Å². The van der Waals surface area contributed by atoms with E-state index < -0.39 is 6.04 Å². The van der Waals surface area contributed by atoms with Crippen LogP contribution in [0.25, 0.3) is 0 Å². The van der Waals surface area contributed by atoms with E-state index in [1.807, 2.05) is 55.5 Å². The van der Waals surface area contributed by atoms with Crippen molar-refractivity contribution in [3.05, 3.63) is 59.7 Å². The molecular formula is C17H19ClN2O2. The zero-order valence-corrected chi connectivity index (χ0v) is 13.2. The summed E-state index contributed by atoms with van der Waals surface area (Å²) in [4.78, 5) is 14.2. The van der Waals surface area contributed by atoms with Crippen molar-refractivity contribution >= 4 is 24.0 Å². The summed E-state index contributed by atoms with van der Waals surface area (Å²) in [5.74, 6) is 0.589. The largest absolute Gasteiger partial charge is 0.489 e. The number of rotatable bonds is 2. The number of amides is 1. The molecule has 0 spiro atoms. The molecule has 2 aromatic carbocycles. The minimum Gasteiger partial charge on any atom is -0.489 e. The molecule has 22 heavy (non-hydrogen) atoms. The molecule has 0 saturated carbocycles. The van der Waals surface area contributed by atoms with E-state index >= 15 is 0 Å². The predicted molar refractivity (Wildman–Crippen MR) is 89.5 cm³/mol. The van der Waals surface area contributed by atoms with E-state index in [9.17, 15) is 4.79 Å². The van der Waals surface area contributed by atoms with Gasteiger partial charge >= 0.3 is 0 Å². The molecule has 0 fully saturated rings. The van der Waals surface area contributed by atoms with Crippen LogP contribution in [-0.2, 0) is 11.3 Å². The highest BCUT2D eigenvalue weighted by atomic mass is 35.5. The van der Waals surface area contributed by atoms with E-state index in [1.165, 1.54) is 5.56 Å². The topological polar surface area (TPSA) is 55.6 Å². The number of hydrogen-bond donors (Lipinski definition) is 1. The van der Waals surface area contributed by atoms with Crippen LogP contribution in [0.3, 0.4) is 0 Å². The summed E-state index contributed by atoms with van der Waals surface area (Å²) in [5.41, 5.74) is 8.95. The number of fused-ring (bicyclic) bond motifs is 1. The standard InChI is InChI=1S/C17H18N2O2.ClH/c1-12-6-8-13(9-7-12)10-19-15-4-2-3-5-16(15)21-11-14(18)17(19)20;/h2-9,14H,10-11,18H2,1H3;1H/t14-;/m0./s1. The van der Waals surface area contributed by atoms with Gasteiger partial charge in [-0.25, -0.2) is 0 Å². The Hall–Kier alpha value is -2.04. The average Bonchev–Trinajstić information content (AvgIpc) is 2.62. The van der Waals surface area contributed by atoms with Crippen LogP contribution in [0, 0.1) is 6.92 Å².